The summed E-state index contributed by atoms with van der Waals surface area (Å²) in [6, 6.07) is 21.0. The van der Waals surface area contributed by atoms with Gasteiger partial charge in [-0.2, -0.15) is 0 Å². The van der Waals surface area contributed by atoms with Crippen LogP contribution in [0.4, 0.5) is 0 Å². The number of hydrogen-bond acceptors (Lipinski definition) is 4. The lowest BCUT2D eigenvalue weighted by atomic mass is 10.1. The average molecular weight is 459 g/mol. The predicted molar refractivity (Wildman–Crippen MR) is 118 cm³/mol. The first-order chi connectivity index (χ1) is 14.3. The first-order valence-electron chi connectivity index (χ1n) is 8.93. The van der Waals surface area contributed by atoms with Gasteiger partial charge in [0.15, 0.2) is 11.7 Å². The summed E-state index contributed by atoms with van der Waals surface area (Å²) < 4.78 is 29.2. The van der Waals surface area contributed by atoms with E-state index in [-0.39, 0.29) is 4.90 Å². The third-order valence-electron chi connectivity index (χ3n) is 4.50. The fraction of sp³-hybridized carbons (Fsp3) is 0.0455. The van der Waals surface area contributed by atoms with Crippen LogP contribution in [0, 0.1) is 0 Å². The van der Waals surface area contributed by atoms with Crippen molar-refractivity contribution in [2.45, 2.75) is 11.3 Å². The molecule has 4 aromatic rings. The maximum atomic E-state index is 11.6. The van der Waals surface area contributed by atoms with Crippen LogP contribution in [0.5, 0.6) is 0 Å². The van der Waals surface area contributed by atoms with Crippen LogP contribution in [-0.4, -0.2) is 13.4 Å². The number of sulfonamides is 1. The maximum Gasteiger partial charge on any atom is 0.238 e. The molecule has 0 amide bonds. The number of nitrogens with zero attached hydrogens (tertiary/aromatic N) is 1. The van der Waals surface area contributed by atoms with Gasteiger partial charge in [0.1, 0.15) is 5.69 Å². The second kappa shape index (κ2) is 8.24. The van der Waals surface area contributed by atoms with Crippen LogP contribution in [0.1, 0.15) is 11.5 Å². The van der Waals surface area contributed by atoms with E-state index in [9.17, 15) is 8.42 Å². The zero-order chi connectivity index (χ0) is 21.3. The van der Waals surface area contributed by atoms with Crippen molar-refractivity contribution >= 4 is 33.2 Å². The fourth-order valence-corrected chi connectivity index (χ4v) is 3.95. The Hall–Kier alpha value is -2.64. The Balaban J connectivity index is 1.84. The summed E-state index contributed by atoms with van der Waals surface area (Å²) in [6.45, 7) is 0. The highest BCUT2D eigenvalue weighted by molar-refractivity contribution is 7.89. The van der Waals surface area contributed by atoms with E-state index < -0.39 is 10.0 Å². The van der Waals surface area contributed by atoms with Gasteiger partial charge < -0.3 is 4.42 Å². The van der Waals surface area contributed by atoms with Gasteiger partial charge in [-0.05, 0) is 35.9 Å². The first kappa shape index (κ1) is 20.6. The van der Waals surface area contributed by atoms with Gasteiger partial charge in [-0.1, -0.05) is 65.7 Å². The van der Waals surface area contributed by atoms with Gasteiger partial charge in [-0.3, -0.25) is 0 Å². The van der Waals surface area contributed by atoms with Crippen LogP contribution in [0.2, 0.25) is 10.0 Å². The van der Waals surface area contributed by atoms with Crippen molar-refractivity contribution in [1.29, 1.82) is 0 Å². The molecule has 4 rings (SSSR count). The van der Waals surface area contributed by atoms with Crippen LogP contribution in [0.15, 0.2) is 82.1 Å². The summed E-state index contributed by atoms with van der Waals surface area (Å²) in [7, 11) is -3.79. The largest absolute Gasteiger partial charge is 0.440 e. The van der Waals surface area contributed by atoms with Crippen LogP contribution < -0.4 is 5.14 Å². The summed E-state index contributed by atoms with van der Waals surface area (Å²) in [4.78, 5) is 4.68. The SMILES string of the molecule is NS(=O)(=O)c1ccc(-c2nc(Cc3ccccc3)oc2-c2cc(Cl)ccc2Cl)cc1. The number of rotatable bonds is 5. The molecule has 2 N–H and O–H groups in total. The summed E-state index contributed by atoms with van der Waals surface area (Å²) in [6.07, 6.45) is 0.487. The summed E-state index contributed by atoms with van der Waals surface area (Å²) in [5, 5.41) is 6.17. The molecule has 0 saturated heterocycles. The Labute approximate surface area is 184 Å². The van der Waals surface area contributed by atoms with E-state index >= 15 is 0 Å². The van der Waals surface area contributed by atoms with Crippen molar-refractivity contribution in [1.82, 2.24) is 4.98 Å². The summed E-state index contributed by atoms with van der Waals surface area (Å²) >= 11 is 12.6. The first-order valence-corrected chi connectivity index (χ1v) is 11.2. The number of hydrogen-bond donors (Lipinski definition) is 1. The number of benzene rings is 3. The Bertz CT molecular complexity index is 1300. The average Bonchev–Trinajstić information content (AvgIpc) is 3.13. The highest BCUT2D eigenvalue weighted by Gasteiger charge is 2.20. The monoisotopic (exact) mass is 458 g/mol. The van der Waals surface area contributed by atoms with Crippen LogP contribution in [0.3, 0.4) is 0 Å². The standard InChI is InChI=1S/C22H16Cl2N2O3S/c23-16-8-11-19(24)18(13-16)22-21(15-6-9-17(10-7-15)30(25,27)28)26-20(29-22)12-14-4-2-1-3-5-14/h1-11,13H,12H2,(H2,25,27,28). The van der Waals surface area contributed by atoms with E-state index in [1.165, 1.54) is 12.1 Å². The lowest BCUT2D eigenvalue weighted by molar-refractivity contribution is 0.519. The van der Waals surface area contributed by atoms with Crippen molar-refractivity contribution in [3.05, 3.63) is 94.3 Å². The van der Waals surface area contributed by atoms with Crippen molar-refractivity contribution in [3.8, 4) is 22.6 Å². The summed E-state index contributed by atoms with van der Waals surface area (Å²) in [5.74, 6) is 0.953. The zero-order valence-corrected chi connectivity index (χ0v) is 17.9. The third-order valence-corrected chi connectivity index (χ3v) is 5.99. The topological polar surface area (TPSA) is 86.2 Å². The van der Waals surface area contributed by atoms with Crippen molar-refractivity contribution in [3.63, 3.8) is 0 Å². The summed E-state index contributed by atoms with van der Waals surface area (Å²) in [5.41, 5.74) is 2.84. The molecule has 5 nitrogen and oxygen atoms in total. The van der Waals surface area contributed by atoms with Gasteiger partial charge >= 0.3 is 0 Å². The van der Waals surface area contributed by atoms with Crippen molar-refractivity contribution < 1.29 is 12.8 Å². The molecule has 0 atom stereocenters. The van der Waals surface area contributed by atoms with E-state index in [0.29, 0.717) is 44.9 Å². The maximum absolute atomic E-state index is 11.6. The Kier molecular flexibility index (Phi) is 5.66. The molecule has 0 aliphatic carbocycles. The van der Waals surface area contributed by atoms with Crippen LogP contribution in [-0.2, 0) is 16.4 Å². The molecular weight excluding hydrogens is 443 g/mol. The molecule has 0 bridgehead atoms. The molecule has 152 valence electrons. The predicted octanol–water partition coefficient (Wildman–Crippen LogP) is 5.55. The van der Waals surface area contributed by atoms with Gasteiger partial charge in [0.2, 0.25) is 10.0 Å². The van der Waals surface area contributed by atoms with Gasteiger partial charge in [-0.15, -0.1) is 0 Å². The third kappa shape index (κ3) is 4.42. The van der Waals surface area contributed by atoms with E-state index in [0.717, 1.165) is 5.56 Å². The van der Waals surface area contributed by atoms with Gasteiger partial charge in [-0.25, -0.2) is 18.5 Å². The van der Waals surface area contributed by atoms with Gasteiger partial charge in [0.25, 0.3) is 0 Å². The molecular formula is C22H16Cl2N2O3S. The van der Waals surface area contributed by atoms with Crippen LogP contribution >= 0.6 is 23.2 Å². The molecule has 0 unspecified atom stereocenters. The van der Waals surface area contributed by atoms with E-state index in [4.69, 9.17) is 32.8 Å². The molecule has 0 spiro atoms. The molecule has 30 heavy (non-hydrogen) atoms. The number of oxazole rings is 1. The molecule has 0 aliphatic heterocycles. The molecule has 1 heterocycles. The molecule has 0 radical (unpaired) electrons. The lowest BCUT2D eigenvalue weighted by Gasteiger charge is -2.05. The number of nitrogens with two attached hydrogens (primary N) is 1. The fourth-order valence-electron chi connectivity index (χ4n) is 3.06. The minimum Gasteiger partial charge on any atom is -0.440 e. The second-order valence-corrected chi connectivity index (χ2v) is 9.05. The van der Waals surface area contributed by atoms with E-state index in [1.807, 2.05) is 30.3 Å². The smallest absolute Gasteiger partial charge is 0.238 e. The lowest BCUT2D eigenvalue weighted by Crippen LogP contribution is -2.11. The van der Waals surface area contributed by atoms with Crippen LogP contribution in [0.25, 0.3) is 22.6 Å². The highest BCUT2D eigenvalue weighted by Crippen LogP contribution is 2.38. The van der Waals surface area contributed by atoms with E-state index in [1.54, 1.807) is 30.3 Å². The minimum absolute atomic E-state index is 0.0154. The Morgan fingerprint density at radius 2 is 1.63 bits per heavy atom. The molecule has 0 fully saturated rings. The van der Waals surface area contributed by atoms with Gasteiger partial charge in [0.05, 0.1) is 9.92 Å². The highest BCUT2D eigenvalue weighted by atomic mass is 35.5. The zero-order valence-electron chi connectivity index (χ0n) is 15.5. The normalized spacial score (nSPS) is 11.6. The quantitative estimate of drug-likeness (QED) is 0.424. The molecule has 8 heteroatoms. The number of halogens is 2. The molecule has 3 aromatic carbocycles. The van der Waals surface area contributed by atoms with Crippen molar-refractivity contribution in [2.24, 2.45) is 5.14 Å². The Morgan fingerprint density at radius 1 is 0.933 bits per heavy atom. The second-order valence-electron chi connectivity index (χ2n) is 6.64. The Morgan fingerprint density at radius 3 is 2.30 bits per heavy atom. The number of primary sulfonamides is 1. The number of aromatic nitrogens is 1. The molecule has 0 saturated carbocycles. The van der Waals surface area contributed by atoms with Crippen molar-refractivity contribution in [2.75, 3.05) is 0 Å². The van der Waals surface area contributed by atoms with Gasteiger partial charge in [0, 0.05) is 22.6 Å². The molecule has 0 aliphatic rings. The molecule has 1 aromatic heterocycles. The minimum atomic E-state index is -3.79. The van der Waals surface area contributed by atoms with E-state index in [2.05, 4.69) is 4.98 Å².